The third kappa shape index (κ3) is 4.94. The summed E-state index contributed by atoms with van der Waals surface area (Å²) in [6.45, 7) is 8.32. The standard InChI is InChI=1S/C25H34N6O2/c1-16-14-17(10-11-19(16)28-23(33)25(2,3)4)27-24-26-15-20-22(29-24)31(18-8-6-7-9-18)13-12-21(32)30(20)5/h10-11,14-15,18H,6-9,12-13H2,1-5H3,(H,28,33)(H,26,27,29). The Balaban J connectivity index is 1.59. The van der Waals surface area contributed by atoms with Crippen molar-refractivity contribution in [2.45, 2.75) is 65.8 Å². The summed E-state index contributed by atoms with van der Waals surface area (Å²) in [6, 6.07) is 6.18. The number of aryl methyl sites for hydroxylation is 1. The molecule has 2 aliphatic rings. The molecule has 0 atom stereocenters. The van der Waals surface area contributed by atoms with Crippen LogP contribution in [0.2, 0.25) is 0 Å². The van der Waals surface area contributed by atoms with Crippen molar-refractivity contribution in [3.05, 3.63) is 30.0 Å². The molecule has 0 unspecified atom stereocenters. The number of nitrogens with zero attached hydrogens (tertiary/aromatic N) is 4. The quantitative estimate of drug-likeness (QED) is 0.706. The first-order valence-electron chi connectivity index (χ1n) is 11.7. The summed E-state index contributed by atoms with van der Waals surface area (Å²) in [5, 5.41) is 6.29. The lowest BCUT2D eigenvalue weighted by atomic mass is 9.95. The van der Waals surface area contributed by atoms with Crippen molar-refractivity contribution < 1.29 is 9.59 Å². The largest absolute Gasteiger partial charge is 0.351 e. The van der Waals surface area contributed by atoms with Gasteiger partial charge in [-0.05, 0) is 43.5 Å². The van der Waals surface area contributed by atoms with Gasteiger partial charge in [0.25, 0.3) is 0 Å². The molecule has 0 bridgehead atoms. The van der Waals surface area contributed by atoms with Gasteiger partial charge in [-0.1, -0.05) is 33.6 Å². The molecule has 2 aromatic rings. The zero-order valence-corrected chi connectivity index (χ0v) is 20.2. The van der Waals surface area contributed by atoms with Crippen LogP contribution in [0.15, 0.2) is 24.4 Å². The number of carbonyl (C=O) groups excluding carboxylic acids is 2. The lowest BCUT2D eigenvalue weighted by Crippen LogP contribution is -2.34. The van der Waals surface area contributed by atoms with Gasteiger partial charge in [0.05, 0.1) is 6.20 Å². The first-order valence-corrected chi connectivity index (χ1v) is 11.7. The summed E-state index contributed by atoms with van der Waals surface area (Å²) in [5.41, 5.74) is 2.87. The van der Waals surface area contributed by atoms with Crippen LogP contribution in [0, 0.1) is 12.3 Å². The molecule has 2 amide bonds. The van der Waals surface area contributed by atoms with Crippen LogP contribution in [-0.2, 0) is 9.59 Å². The van der Waals surface area contributed by atoms with Crippen molar-refractivity contribution in [3.8, 4) is 0 Å². The molecule has 1 aliphatic carbocycles. The first-order chi connectivity index (χ1) is 15.6. The molecule has 0 saturated heterocycles. The molecule has 0 radical (unpaired) electrons. The number of anilines is 5. The minimum atomic E-state index is -0.460. The van der Waals surface area contributed by atoms with Crippen LogP contribution in [0.1, 0.15) is 58.4 Å². The van der Waals surface area contributed by atoms with E-state index in [0.717, 1.165) is 41.3 Å². The number of hydrogen-bond acceptors (Lipinski definition) is 6. The summed E-state index contributed by atoms with van der Waals surface area (Å²) < 4.78 is 0. The van der Waals surface area contributed by atoms with Crippen LogP contribution in [0.5, 0.6) is 0 Å². The lowest BCUT2D eigenvalue weighted by Gasteiger charge is -2.30. The highest BCUT2D eigenvalue weighted by Gasteiger charge is 2.31. The van der Waals surface area contributed by atoms with Crippen LogP contribution < -0.4 is 20.4 Å². The van der Waals surface area contributed by atoms with Gasteiger partial charge in [-0.15, -0.1) is 0 Å². The van der Waals surface area contributed by atoms with Gasteiger partial charge in [-0.3, -0.25) is 9.59 Å². The monoisotopic (exact) mass is 450 g/mol. The second-order valence-electron chi connectivity index (χ2n) is 10.1. The summed E-state index contributed by atoms with van der Waals surface area (Å²) in [6.07, 6.45) is 6.91. The van der Waals surface area contributed by atoms with E-state index in [-0.39, 0.29) is 11.8 Å². The maximum absolute atomic E-state index is 12.5. The maximum Gasteiger partial charge on any atom is 0.229 e. The van der Waals surface area contributed by atoms with E-state index in [1.807, 2.05) is 45.9 Å². The molecule has 8 heteroatoms. The van der Waals surface area contributed by atoms with Crippen molar-refractivity contribution in [1.29, 1.82) is 0 Å². The Hall–Kier alpha value is -3.16. The minimum Gasteiger partial charge on any atom is -0.351 e. The summed E-state index contributed by atoms with van der Waals surface area (Å²) >= 11 is 0. The molecule has 1 aliphatic heterocycles. The van der Waals surface area contributed by atoms with E-state index in [0.29, 0.717) is 25.0 Å². The zero-order valence-electron chi connectivity index (χ0n) is 20.2. The average Bonchev–Trinajstić information content (AvgIpc) is 3.25. The highest BCUT2D eigenvalue weighted by Crippen LogP contribution is 2.36. The highest BCUT2D eigenvalue weighted by atomic mass is 16.2. The summed E-state index contributed by atoms with van der Waals surface area (Å²) in [7, 11) is 1.80. The SMILES string of the molecule is Cc1cc(Nc2ncc3c(n2)N(C2CCCC2)CCC(=O)N3C)ccc1NC(=O)C(C)(C)C. The van der Waals surface area contributed by atoms with Gasteiger partial charge in [0.15, 0.2) is 5.82 Å². The highest BCUT2D eigenvalue weighted by molar-refractivity contribution is 5.97. The van der Waals surface area contributed by atoms with Gasteiger partial charge in [-0.25, -0.2) is 4.98 Å². The van der Waals surface area contributed by atoms with Gasteiger partial charge in [-0.2, -0.15) is 4.98 Å². The average molecular weight is 451 g/mol. The van der Waals surface area contributed by atoms with E-state index in [4.69, 9.17) is 4.98 Å². The molecule has 1 saturated carbocycles. The third-order valence-electron chi connectivity index (χ3n) is 6.50. The van der Waals surface area contributed by atoms with Crippen LogP contribution >= 0.6 is 0 Å². The molecular weight excluding hydrogens is 416 g/mol. The lowest BCUT2D eigenvalue weighted by molar-refractivity contribution is -0.123. The zero-order chi connectivity index (χ0) is 23.8. The van der Waals surface area contributed by atoms with Crippen LogP contribution in [0.3, 0.4) is 0 Å². The minimum absolute atomic E-state index is 0.0222. The van der Waals surface area contributed by atoms with E-state index in [2.05, 4.69) is 20.5 Å². The number of rotatable bonds is 4. The van der Waals surface area contributed by atoms with Crippen LogP contribution in [0.25, 0.3) is 0 Å². The molecule has 4 rings (SSSR count). The molecule has 1 fully saturated rings. The maximum atomic E-state index is 12.5. The molecular formula is C25H34N6O2. The molecule has 2 N–H and O–H groups in total. The van der Waals surface area contributed by atoms with E-state index in [9.17, 15) is 9.59 Å². The second-order valence-corrected chi connectivity index (χ2v) is 10.1. The topological polar surface area (TPSA) is 90.5 Å². The first kappa shape index (κ1) is 23.0. The van der Waals surface area contributed by atoms with Gasteiger partial charge in [0.2, 0.25) is 17.8 Å². The number of amides is 2. The number of benzene rings is 1. The predicted molar refractivity (Wildman–Crippen MR) is 132 cm³/mol. The van der Waals surface area contributed by atoms with Crippen molar-refractivity contribution in [2.24, 2.45) is 5.41 Å². The molecule has 176 valence electrons. The fraction of sp³-hybridized carbons (Fsp3) is 0.520. The van der Waals surface area contributed by atoms with Crippen molar-refractivity contribution >= 4 is 40.6 Å². The van der Waals surface area contributed by atoms with Crippen LogP contribution in [0.4, 0.5) is 28.8 Å². The fourth-order valence-electron chi connectivity index (χ4n) is 4.39. The molecule has 1 aromatic carbocycles. The Kier molecular flexibility index (Phi) is 6.28. The van der Waals surface area contributed by atoms with Crippen molar-refractivity contribution in [1.82, 2.24) is 9.97 Å². The Labute approximate surface area is 195 Å². The predicted octanol–water partition coefficient (Wildman–Crippen LogP) is 4.63. The normalized spacial score (nSPS) is 17.1. The Morgan fingerprint density at radius 3 is 2.58 bits per heavy atom. The molecule has 2 heterocycles. The number of hydrogen-bond donors (Lipinski definition) is 2. The Morgan fingerprint density at radius 2 is 1.91 bits per heavy atom. The molecule has 1 aromatic heterocycles. The van der Waals surface area contributed by atoms with Gasteiger partial charge in [0, 0.05) is 42.8 Å². The third-order valence-corrected chi connectivity index (χ3v) is 6.50. The molecule has 8 nitrogen and oxygen atoms in total. The summed E-state index contributed by atoms with van der Waals surface area (Å²) in [5.74, 6) is 1.37. The van der Waals surface area contributed by atoms with Crippen LogP contribution in [-0.4, -0.2) is 41.4 Å². The second kappa shape index (κ2) is 9.00. The van der Waals surface area contributed by atoms with Gasteiger partial charge in [0.1, 0.15) is 5.69 Å². The molecule has 0 spiro atoms. The van der Waals surface area contributed by atoms with E-state index >= 15 is 0 Å². The molecule has 33 heavy (non-hydrogen) atoms. The van der Waals surface area contributed by atoms with Crippen molar-refractivity contribution in [3.63, 3.8) is 0 Å². The smallest absolute Gasteiger partial charge is 0.229 e. The Bertz CT molecular complexity index is 1060. The number of carbonyl (C=O) groups is 2. The van der Waals surface area contributed by atoms with Gasteiger partial charge < -0.3 is 20.4 Å². The summed E-state index contributed by atoms with van der Waals surface area (Å²) in [4.78, 5) is 38.2. The number of fused-ring (bicyclic) bond motifs is 1. The van der Waals surface area contributed by atoms with Crippen molar-refractivity contribution in [2.75, 3.05) is 34.0 Å². The fourth-order valence-corrected chi connectivity index (χ4v) is 4.39. The number of aromatic nitrogens is 2. The van der Waals surface area contributed by atoms with E-state index in [1.165, 1.54) is 12.8 Å². The van der Waals surface area contributed by atoms with E-state index in [1.54, 1.807) is 18.1 Å². The number of nitrogens with one attached hydrogen (secondary N) is 2. The Morgan fingerprint density at radius 1 is 1.18 bits per heavy atom. The van der Waals surface area contributed by atoms with Gasteiger partial charge >= 0.3 is 0 Å². The van der Waals surface area contributed by atoms with E-state index < -0.39 is 5.41 Å².